The summed E-state index contributed by atoms with van der Waals surface area (Å²) in [6.45, 7) is 8.87. The van der Waals surface area contributed by atoms with Crippen LogP contribution >= 0.6 is 0 Å². The van der Waals surface area contributed by atoms with Crippen LogP contribution in [0.15, 0.2) is 0 Å². The van der Waals surface area contributed by atoms with Crippen LogP contribution in [0.2, 0.25) is 0 Å². The van der Waals surface area contributed by atoms with Gasteiger partial charge in [0.2, 0.25) is 0 Å². The predicted molar refractivity (Wildman–Crippen MR) is 73.1 cm³/mol. The number of hydrogen-bond acceptors (Lipinski definition) is 6. The average Bonchev–Trinajstić information content (AvgIpc) is 2.42. The number of aliphatic hydroxyl groups excluding tert-OH is 1. The summed E-state index contributed by atoms with van der Waals surface area (Å²) in [5.41, 5.74) is -1.17. The Bertz CT molecular complexity index is 440. The molecule has 1 saturated carbocycles. The van der Waals surface area contributed by atoms with Crippen molar-refractivity contribution >= 4 is 11.9 Å². The quantitative estimate of drug-likeness (QED) is 0.776. The second-order valence-corrected chi connectivity index (χ2v) is 7.22. The first kappa shape index (κ1) is 16.2. The Balaban J connectivity index is 2.36. The van der Waals surface area contributed by atoms with Gasteiger partial charge in [0.25, 0.3) is 6.29 Å². The van der Waals surface area contributed by atoms with Gasteiger partial charge in [-0.05, 0) is 40.5 Å². The molecule has 0 spiro atoms. The zero-order valence-electron chi connectivity index (χ0n) is 13.2. The van der Waals surface area contributed by atoms with Crippen molar-refractivity contribution < 1.29 is 28.9 Å². The Kier molecular flexibility index (Phi) is 4.06. The second-order valence-electron chi connectivity index (χ2n) is 7.22. The van der Waals surface area contributed by atoms with Crippen LogP contribution in [0, 0.1) is 11.3 Å². The zero-order valence-corrected chi connectivity index (χ0v) is 13.2. The molecular formula is C15H24O6. The lowest BCUT2D eigenvalue weighted by molar-refractivity contribution is -0.234. The molecule has 2 aliphatic heterocycles. The van der Waals surface area contributed by atoms with Gasteiger partial charge in [0.15, 0.2) is 0 Å². The van der Waals surface area contributed by atoms with E-state index in [4.69, 9.17) is 14.2 Å². The van der Waals surface area contributed by atoms with Crippen LogP contribution in [0.4, 0.5) is 0 Å². The molecule has 0 aromatic heterocycles. The van der Waals surface area contributed by atoms with Crippen molar-refractivity contribution in [1.29, 1.82) is 0 Å². The fourth-order valence-electron chi connectivity index (χ4n) is 3.13. The highest BCUT2D eigenvalue weighted by Crippen LogP contribution is 2.49. The molecule has 3 rings (SSSR count). The number of fused-ring (bicyclic) bond motifs is 4. The molecule has 0 aromatic rings. The lowest BCUT2D eigenvalue weighted by Crippen LogP contribution is -2.53. The van der Waals surface area contributed by atoms with Crippen molar-refractivity contribution in [3.05, 3.63) is 0 Å². The Labute approximate surface area is 124 Å². The van der Waals surface area contributed by atoms with E-state index < -0.39 is 41.3 Å². The summed E-state index contributed by atoms with van der Waals surface area (Å²) < 4.78 is 16.6. The maximum absolute atomic E-state index is 12.1. The summed E-state index contributed by atoms with van der Waals surface area (Å²) in [7, 11) is 0. The topological polar surface area (TPSA) is 82.1 Å². The molecule has 0 unspecified atom stereocenters. The molecular weight excluding hydrogens is 276 g/mol. The van der Waals surface area contributed by atoms with Crippen molar-refractivity contribution in [1.82, 2.24) is 0 Å². The van der Waals surface area contributed by atoms with E-state index in [0.717, 1.165) is 0 Å². The summed E-state index contributed by atoms with van der Waals surface area (Å²) in [6, 6.07) is 0. The molecule has 2 bridgehead atoms. The van der Waals surface area contributed by atoms with Crippen LogP contribution in [0.3, 0.4) is 0 Å². The fourth-order valence-corrected chi connectivity index (χ4v) is 3.13. The van der Waals surface area contributed by atoms with E-state index in [1.807, 2.05) is 27.7 Å². The molecule has 6 nitrogen and oxygen atoms in total. The number of hydrogen-bond donors (Lipinski definition) is 1. The number of rotatable bonds is 2. The van der Waals surface area contributed by atoms with E-state index in [1.54, 1.807) is 0 Å². The summed E-state index contributed by atoms with van der Waals surface area (Å²) in [4.78, 5) is 23.4. The van der Waals surface area contributed by atoms with Crippen molar-refractivity contribution in [2.24, 2.45) is 11.3 Å². The first-order chi connectivity index (χ1) is 9.53. The van der Waals surface area contributed by atoms with Crippen LogP contribution in [-0.2, 0) is 23.8 Å². The van der Waals surface area contributed by atoms with E-state index in [1.165, 1.54) is 6.92 Å². The molecule has 1 N–H and O–H groups in total. The molecule has 2 saturated heterocycles. The summed E-state index contributed by atoms with van der Waals surface area (Å²) in [5.74, 6) is -1.69. The Morgan fingerprint density at radius 2 is 2.05 bits per heavy atom. The summed E-state index contributed by atoms with van der Waals surface area (Å²) in [6.07, 6.45) is -1.50. The van der Waals surface area contributed by atoms with Gasteiger partial charge < -0.3 is 19.3 Å². The van der Waals surface area contributed by atoms with Crippen LogP contribution in [0.5, 0.6) is 0 Å². The molecule has 120 valence electrons. The third kappa shape index (κ3) is 3.21. The van der Waals surface area contributed by atoms with Gasteiger partial charge in [0, 0.05) is 6.92 Å². The Hall–Kier alpha value is -1.14. The van der Waals surface area contributed by atoms with Gasteiger partial charge in [-0.15, -0.1) is 0 Å². The minimum atomic E-state index is -1.03. The molecule has 3 fully saturated rings. The highest BCUT2D eigenvalue weighted by molar-refractivity contribution is 5.75. The van der Waals surface area contributed by atoms with Gasteiger partial charge in [-0.25, -0.2) is 0 Å². The first-order valence-corrected chi connectivity index (χ1v) is 7.26. The number of ether oxygens (including phenoxy) is 3. The average molecular weight is 300 g/mol. The van der Waals surface area contributed by atoms with E-state index in [2.05, 4.69) is 0 Å². The molecule has 3 aliphatic rings. The summed E-state index contributed by atoms with van der Waals surface area (Å²) >= 11 is 0. The first-order valence-electron chi connectivity index (χ1n) is 7.26. The third-order valence-electron chi connectivity index (χ3n) is 4.15. The van der Waals surface area contributed by atoms with E-state index in [9.17, 15) is 14.7 Å². The molecule has 21 heavy (non-hydrogen) atoms. The Morgan fingerprint density at radius 3 is 2.57 bits per heavy atom. The van der Waals surface area contributed by atoms with E-state index >= 15 is 0 Å². The van der Waals surface area contributed by atoms with Gasteiger partial charge in [-0.3, -0.25) is 9.59 Å². The maximum Gasteiger partial charge on any atom is 0.314 e. The van der Waals surface area contributed by atoms with Crippen molar-refractivity contribution in [3.63, 3.8) is 0 Å². The lowest BCUT2D eigenvalue weighted by Gasteiger charge is -2.45. The molecule has 1 aliphatic carbocycles. The van der Waals surface area contributed by atoms with Crippen LogP contribution in [-0.4, -0.2) is 41.1 Å². The van der Waals surface area contributed by atoms with Gasteiger partial charge in [0.1, 0.15) is 0 Å². The molecule has 0 aromatic carbocycles. The van der Waals surface area contributed by atoms with E-state index in [0.29, 0.717) is 12.8 Å². The smallest absolute Gasteiger partial charge is 0.314 e. The number of carbonyl (C=O) groups excluding carboxylic acids is 2. The van der Waals surface area contributed by atoms with Crippen molar-refractivity contribution in [2.45, 2.75) is 71.6 Å². The predicted octanol–water partition coefficient (Wildman–Crippen LogP) is 1.39. The SMILES string of the molecule is CC(=O)O[C@@H]1OC(=O)[C@@H]2C[C@H](OC(C)(C)C)[C@@]1(C)C[C@@H]2O. The van der Waals surface area contributed by atoms with Crippen LogP contribution < -0.4 is 0 Å². The molecule has 6 heteroatoms. The minimum absolute atomic E-state index is 0.294. The number of carbonyl (C=O) groups is 2. The number of esters is 2. The highest BCUT2D eigenvalue weighted by atomic mass is 16.7. The molecule has 2 heterocycles. The highest BCUT2D eigenvalue weighted by Gasteiger charge is 2.59. The van der Waals surface area contributed by atoms with Gasteiger partial charge in [-0.1, -0.05) is 0 Å². The third-order valence-corrected chi connectivity index (χ3v) is 4.15. The fraction of sp³-hybridized carbons (Fsp3) is 0.867. The largest absolute Gasteiger partial charge is 0.425 e. The van der Waals surface area contributed by atoms with Crippen molar-refractivity contribution in [2.75, 3.05) is 0 Å². The molecule has 0 amide bonds. The standard InChI is InChI=1S/C15H24O6/c1-8(16)19-13-15(5)7-10(17)9(12(18)20-13)6-11(15)21-14(2,3)4/h9-11,13,17H,6-7H2,1-5H3/t9-,10+,11+,13-,15-/m1/s1. The zero-order chi connectivity index (χ0) is 16.0. The van der Waals surface area contributed by atoms with Crippen molar-refractivity contribution in [3.8, 4) is 0 Å². The summed E-state index contributed by atoms with van der Waals surface area (Å²) in [5, 5.41) is 10.2. The van der Waals surface area contributed by atoms with Gasteiger partial charge in [0.05, 0.1) is 29.1 Å². The van der Waals surface area contributed by atoms with Gasteiger partial charge >= 0.3 is 11.9 Å². The number of aliphatic hydroxyl groups is 1. The molecule has 0 radical (unpaired) electrons. The van der Waals surface area contributed by atoms with Crippen LogP contribution in [0.1, 0.15) is 47.5 Å². The molecule has 5 atom stereocenters. The van der Waals surface area contributed by atoms with E-state index in [-0.39, 0.29) is 6.10 Å². The van der Waals surface area contributed by atoms with Gasteiger partial charge in [-0.2, -0.15) is 0 Å². The normalized spacial score (nSPS) is 39.6. The minimum Gasteiger partial charge on any atom is -0.425 e. The van der Waals surface area contributed by atoms with Crippen LogP contribution in [0.25, 0.3) is 0 Å². The monoisotopic (exact) mass is 300 g/mol. The second kappa shape index (κ2) is 5.25. The Morgan fingerprint density at radius 1 is 1.43 bits per heavy atom. The lowest BCUT2D eigenvalue weighted by atomic mass is 9.68. The maximum atomic E-state index is 12.1.